The normalized spacial score (nSPS) is 18.6. The smallest absolute Gasteiger partial charge is 0.410 e. The van der Waals surface area contributed by atoms with Gasteiger partial charge in [0.05, 0.1) is 6.42 Å². The first-order valence-electron chi connectivity index (χ1n) is 6.86. The largest absolute Gasteiger partial charge is 0.481 e. The molecule has 0 saturated carbocycles. The first-order valence-corrected chi connectivity index (χ1v) is 6.86. The van der Waals surface area contributed by atoms with Crippen molar-refractivity contribution in [1.29, 1.82) is 0 Å². The summed E-state index contributed by atoms with van der Waals surface area (Å²) in [6, 6.07) is 9.20. The predicted octanol–water partition coefficient (Wildman–Crippen LogP) is 2.65. The van der Waals surface area contributed by atoms with Crippen LogP contribution >= 0.6 is 0 Å². The average Bonchev–Trinajstić information content (AvgIpc) is 2.46. The highest BCUT2D eigenvalue weighted by Gasteiger charge is 2.29. The fourth-order valence-corrected chi connectivity index (χ4v) is 2.46. The molecule has 1 atom stereocenters. The van der Waals surface area contributed by atoms with Crippen molar-refractivity contribution in [2.75, 3.05) is 6.54 Å². The van der Waals surface area contributed by atoms with Gasteiger partial charge in [-0.25, -0.2) is 4.79 Å². The van der Waals surface area contributed by atoms with E-state index in [2.05, 4.69) is 0 Å². The number of piperidine rings is 1. The van der Waals surface area contributed by atoms with Crippen LogP contribution in [-0.2, 0) is 16.1 Å². The summed E-state index contributed by atoms with van der Waals surface area (Å²) in [7, 11) is 0. The molecule has 1 aliphatic heterocycles. The fraction of sp³-hybridized carbons (Fsp3) is 0.467. The molecule has 0 aromatic heterocycles. The first kappa shape index (κ1) is 14.4. The number of rotatable bonds is 4. The van der Waals surface area contributed by atoms with Crippen molar-refractivity contribution in [2.45, 2.75) is 38.3 Å². The number of nitrogens with zero attached hydrogens (tertiary/aromatic N) is 1. The van der Waals surface area contributed by atoms with Crippen LogP contribution in [-0.4, -0.2) is 34.7 Å². The van der Waals surface area contributed by atoms with E-state index in [4.69, 9.17) is 9.84 Å². The minimum Gasteiger partial charge on any atom is -0.481 e. The van der Waals surface area contributed by atoms with Crippen molar-refractivity contribution in [3.8, 4) is 0 Å². The lowest BCUT2D eigenvalue weighted by molar-refractivity contribution is -0.138. The number of hydrogen-bond donors (Lipinski definition) is 1. The van der Waals surface area contributed by atoms with Crippen LogP contribution in [0.4, 0.5) is 4.79 Å². The van der Waals surface area contributed by atoms with Gasteiger partial charge in [-0.1, -0.05) is 30.3 Å². The molecule has 1 heterocycles. The Bertz CT molecular complexity index is 460. The van der Waals surface area contributed by atoms with Gasteiger partial charge in [-0.15, -0.1) is 0 Å². The van der Waals surface area contributed by atoms with Gasteiger partial charge in [0.2, 0.25) is 0 Å². The van der Waals surface area contributed by atoms with E-state index in [-0.39, 0.29) is 19.1 Å². The number of likely N-dealkylation sites (tertiary alicyclic amines) is 1. The predicted molar refractivity (Wildman–Crippen MR) is 73.2 cm³/mol. The Kier molecular flexibility index (Phi) is 4.98. The van der Waals surface area contributed by atoms with Crippen LogP contribution in [0.15, 0.2) is 30.3 Å². The highest BCUT2D eigenvalue weighted by Crippen LogP contribution is 2.21. The number of carboxylic acid groups (broad SMARTS) is 1. The van der Waals surface area contributed by atoms with E-state index >= 15 is 0 Å². The second-order valence-electron chi connectivity index (χ2n) is 4.98. The van der Waals surface area contributed by atoms with Crippen LogP contribution in [0.3, 0.4) is 0 Å². The minimum absolute atomic E-state index is 0.0135. The van der Waals surface area contributed by atoms with Gasteiger partial charge in [-0.2, -0.15) is 0 Å². The fourth-order valence-electron chi connectivity index (χ4n) is 2.46. The van der Waals surface area contributed by atoms with Crippen LogP contribution in [0.2, 0.25) is 0 Å². The molecule has 0 unspecified atom stereocenters. The van der Waals surface area contributed by atoms with Crippen molar-refractivity contribution in [3.63, 3.8) is 0 Å². The van der Waals surface area contributed by atoms with Crippen molar-refractivity contribution in [2.24, 2.45) is 0 Å². The lowest BCUT2D eigenvalue weighted by atomic mass is 10.00. The van der Waals surface area contributed by atoms with E-state index in [0.717, 1.165) is 24.8 Å². The summed E-state index contributed by atoms with van der Waals surface area (Å²) in [6.07, 6.45) is 2.16. The van der Waals surface area contributed by atoms with Crippen molar-refractivity contribution in [1.82, 2.24) is 4.90 Å². The van der Waals surface area contributed by atoms with E-state index in [1.807, 2.05) is 30.3 Å². The molecule has 108 valence electrons. The SMILES string of the molecule is O=C(O)C[C@@H]1CCCCN1C(=O)OCc1ccccc1. The Morgan fingerprint density at radius 3 is 2.70 bits per heavy atom. The molecule has 1 saturated heterocycles. The molecular weight excluding hydrogens is 258 g/mol. The standard InChI is InChI=1S/C15H19NO4/c17-14(18)10-13-8-4-5-9-16(13)15(19)20-11-12-6-2-1-3-7-12/h1-3,6-7,13H,4-5,8-11H2,(H,17,18)/t13-/m0/s1. The summed E-state index contributed by atoms with van der Waals surface area (Å²) in [5.41, 5.74) is 0.924. The van der Waals surface area contributed by atoms with Gasteiger partial charge < -0.3 is 14.7 Å². The maximum Gasteiger partial charge on any atom is 0.410 e. The van der Waals surface area contributed by atoms with Crippen molar-refractivity contribution in [3.05, 3.63) is 35.9 Å². The molecule has 1 amide bonds. The highest BCUT2D eigenvalue weighted by atomic mass is 16.6. The molecule has 1 N–H and O–H groups in total. The molecule has 5 nitrogen and oxygen atoms in total. The van der Waals surface area contributed by atoms with Gasteiger partial charge in [0.1, 0.15) is 6.61 Å². The van der Waals surface area contributed by atoms with Gasteiger partial charge in [0, 0.05) is 12.6 Å². The number of carbonyl (C=O) groups is 2. The molecule has 1 aromatic rings. The van der Waals surface area contributed by atoms with Gasteiger partial charge in [-0.05, 0) is 24.8 Å². The number of hydrogen-bond acceptors (Lipinski definition) is 3. The van der Waals surface area contributed by atoms with Crippen molar-refractivity contribution >= 4 is 12.1 Å². The van der Waals surface area contributed by atoms with Crippen LogP contribution in [0.1, 0.15) is 31.2 Å². The Morgan fingerprint density at radius 1 is 1.25 bits per heavy atom. The third-order valence-electron chi connectivity index (χ3n) is 3.48. The summed E-state index contributed by atoms with van der Waals surface area (Å²) < 4.78 is 5.27. The average molecular weight is 277 g/mol. The second kappa shape index (κ2) is 6.93. The molecule has 20 heavy (non-hydrogen) atoms. The van der Waals surface area contributed by atoms with E-state index < -0.39 is 12.1 Å². The monoisotopic (exact) mass is 277 g/mol. The number of carboxylic acids is 1. The Balaban J connectivity index is 1.90. The zero-order valence-electron chi connectivity index (χ0n) is 11.3. The number of carbonyl (C=O) groups excluding carboxylic acids is 1. The summed E-state index contributed by atoms with van der Waals surface area (Å²) in [5.74, 6) is -0.877. The van der Waals surface area contributed by atoms with Gasteiger partial charge in [0.15, 0.2) is 0 Å². The van der Waals surface area contributed by atoms with Crippen LogP contribution in [0.5, 0.6) is 0 Å². The maximum absolute atomic E-state index is 12.1. The third kappa shape index (κ3) is 3.98. The number of amides is 1. The lowest BCUT2D eigenvalue weighted by Crippen LogP contribution is -2.44. The van der Waals surface area contributed by atoms with Gasteiger partial charge in [0.25, 0.3) is 0 Å². The minimum atomic E-state index is -0.877. The molecule has 0 bridgehead atoms. The Hall–Kier alpha value is -2.04. The summed E-state index contributed by atoms with van der Waals surface area (Å²) >= 11 is 0. The van der Waals surface area contributed by atoms with E-state index in [1.165, 1.54) is 0 Å². The quantitative estimate of drug-likeness (QED) is 0.918. The van der Waals surface area contributed by atoms with Gasteiger partial charge in [-0.3, -0.25) is 4.79 Å². The molecule has 0 radical (unpaired) electrons. The third-order valence-corrected chi connectivity index (χ3v) is 3.48. The lowest BCUT2D eigenvalue weighted by Gasteiger charge is -2.34. The van der Waals surface area contributed by atoms with Crippen LogP contribution in [0.25, 0.3) is 0 Å². The number of benzene rings is 1. The van der Waals surface area contributed by atoms with Crippen molar-refractivity contribution < 1.29 is 19.4 Å². The highest BCUT2D eigenvalue weighted by molar-refractivity contribution is 5.71. The Labute approximate surface area is 118 Å². The Morgan fingerprint density at radius 2 is 2.00 bits per heavy atom. The molecule has 2 rings (SSSR count). The van der Waals surface area contributed by atoms with E-state index in [0.29, 0.717) is 6.54 Å². The number of aliphatic carboxylic acids is 1. The molecule has 0 spiro atoms. The summed E-state index contributed by atoms with van der Waals surface area (Å²) in [6.45, 7) is 0.793. The topological polar surface area (TPSA) is 66.8 Å². The molecule has 5 heteroatoms. The van der Waals surface area contributed by atoms with E-state index in [9.17, 15) is 9.59 Å². The summed E-state index contributed by atoms with van der Waals surface area (Å²) in [5, 5.41) is 8.89. The second-order valence-corrected chi connectivity index (χ2v) is 4.98. The van der Waals surface area contributed by atoms with Gasteiger partial charge >= 0.3 is 12.1 Å². The molecule has 0 aliphatic carbocycles. The molecular formula is C15H19NO4. The molecule has 1 aliphatic rings. The number of ether oxygens (including phenoxy) is 1. The first-order chi connectivity index (χ1) is 9.66. The maximum atomic E-state index is 12.1. The molecule has 1 fully saturated rings. The zero-order chi connectivity index (χ0) is 14.4. The van der Waals surface area contributed by atoms with Crippen LogP contribution < -0.4 is 0 Å². The van der Waals surface area contributed by atoms with Crippen LogP contribution in [0, 0.1) is 0 Å². The summed E-state index contributed by atoms with van der Waals surface area (Å²) in [4.78, 5) is 24.5. The molecule has 1 aromatic carbocycles. The zero-order valence-corrected chi connectivity index (χ0v) is 11.3. The van der Waals surface area contributed by atoms with E-state index in [1.54, 1.807) is 4.90 Å².